The van der Waals surface area contributed by atoms with Gasteiger partial charge in [-0.25, -0.2) is 4.39 Å². The van der Waals surface area contributed by atoms with Gasteiger partial charge in [-0.3, -0.25) is 14.8 Å². The first-order valence-corrected chi connectivity index (χ1v) is 10.9. The molecule has 0 atom stereocenters. The second kappa shape index (κ2) is 11.1. The average molecular weight is 410 g/mol. The van der Waals surface area contributed by atoms with E-state index in [4.69, 9.17) is 5.73 Å². The summed E-state index contributed by atoms with van der Waals surface area (Å²) in [5.74, 6) is -0.627. The SMILES string of the molecule is N#CC(=NCC1(N2CCN(Cc3ccccc3)CC2)CCCCC1)/C(F)=C\C=C\N. The Bertz CT molecular complexity index is 795. The first-order valence-electron chi connectivity index (χ1n) is 10.9. The van der Waals surface area contributed by atoms with Crippen molar-refractivity contribution >= 4 is 5.71 Å². The van der Waals surface area contributed by atoms with Gasteiger partial charge in [-0.15, -0.1) is 0 Å². The summed E-state index contributed by atoms with van der Waals surface area (Å²) in [6.45, 7) is 5.45. The van der Waals surface area contributed by atoms with Crippen LogP contribution in [0.3, 0.4) is 0 Å². The van der Waals surface area contributed by atoms with Crippen molar-refractivity contribution < 1.29 is 4.39 Å². The van der Waals surface area contributed by atoms with Crippen LogP contribution in [0.15, 0.2) is 59.5 Å². The van der Waals surface area contributed by atoms with E-state index in [2.05, 4.69) is 45.1 Å². The van der Waals surface area contributed by atoms with Gasteiger partial charge in [-0.2, -0.15) is 5.26 Å². The number of nitrogens with zero attached hydrogens (tertiary/aromatic N) is 4. The monoisotopic (exact) mass is 409 g/mol. The fraction of sp³-hybridized carbons (Fsp3) is 0.500. The van der Waals surface area contributed by atoms with Gasteiger partial charge in [-0.1, -0.05) is 49.6 Å². The summed E-state index contributed by atoms with van der Waals surface area (Å²) in [7, 11) is 0. The van der Waals surface area contributed by atoms with Crippen molar-refractivity contribution in [1.29, 1.82) is 5.26 Å². The number of aliphatic imine (C=N–C) groups is 1. The van der Waals surface area contributed by atoms with Crippen molar-refractivity contribution in [3.05, 3.63) is 60.1 Å². The van der Waals surface area contributed by atoms with Crippen LogP contribution < -0.4 is 5.73 Å². The molecule has 160 valence electrons. The van der Waals surface area contributed by atoms with Gasteiger partial charge in [0.1, 0.15) is 6.07 Å². The minimum atomic E-state index is -0.627. The molecule has 2 fully saturated rings. The minimum absolute atomic E-state index is 0.0663. The van der Waals surface area contributed by atoms with Gasteiger partial charge in [0.2, 0.25) is 0 Å². The van der Waals surface area contributed by atoms with Gasteiger partial charge < -0.3 is 5.73 Å². The summed E-state index contributed by atoms with van der Waals surface area (Å²) in [6.07, 6.45) is 9.49. The molecule has 1 heterocycles. The lowest BCUT2D eigenvalue weighted by Crippen LogP contribution is -2.59. The summed E-state index contributed by atoms with van der Waals surface area (Å²) in [6, 6.07) is 12.5. The van der Waals surface area contributed by atoms with Crippen LogP contribution in [0.2, 0.25) is 0 Å². The molecule has 0 amide bonds. The number of allylic oxidation sites excluding steroid dienone is 3. The highest BCUT2D eigenvalue weighted by molar-refractivity contribution is 6.09. The van der Waals surface area contributed by atoms with E-state index < -0.39 is 5.83 Å². The molecule has 6 heteroatoms. The molecule has 1 saturated heterocycles. The van der Waals surface area contributed by atoms with E-state index in [1.54, 1.807) is 0 Å². The molecule has 3 rings (SSSR count). The zero-order chi connectivity index (χ0) is 21.2. The smallest absolute Gasteiger partial charge is 0.171 e. The molecule has 1 aliphatic heterocycles. The molecule has 1 aromatic carbocycles. The number of nitrogens with two attached hydrogens (primary N) is 1. The van der Waals surface area contributed by atoms with Crippen LogP contribution in [0.1, 0.15) is 37.7 Å². The summed E-state index contributed by atoms with van der Waals surface area (Å²) in [5.41, 5.74) is 6.40. The molecule has 0 spiro atoms. The average Bonchev–Trinajstić information content (AvgIpc) is 2.80. The number of rotatable bonds is 7. The Morgan fingerprint density at radius 1 is 1.13 bits per heavy atom. The lowest BCUT2D eigenvalue weighted by atomic mass is 9.79. The van der Waals surface area contributed by atoms with E-state index in [0.717, 1.165) is 58.4 Å². The van der Waals surface area contributed by atoms with E-state index in [1.807, 2.05) is 6.07 Å². The topological polar surface area (TPSA) is 68.7 Å². The van der Waals surface area contributed by atoms with Crippen molar-refractivity contribution in [2.45, 2.75) is 44.2 Å². The second-order valence-electron chi connectivity index (χ2n) is 8.21. The van der Waals surface area contributed by atoms with E-state index in [-0.39, 0.29) is 11.3 Å². The Kier molecular flexibility index (Phi) is 8.18. The fourth-order valence-corrected chi connectivity index (χ4v) is 4.62. The maximum absolute atomic E-state index is 14.2. The third kappa shape index (κ3) is 5.78. The largest absolute Gasteiger partial charge is 0.405 e. The minimum Gasteiger partial charge on any atom is -0.405 e. The summed E-state index contributed by atoms with van der Waals surface area (Å²) < 4.78 is 14.2. The Labute approximate surface area is 179 Å². The van der Waals surface area contributed by atoms with Gasteiger partial charge in [0.15, 0.2) is 11.5 Å². The van der Waals surface area contributed by atoms with Gasteiger partial charge >= 0.3 is 0 Å². The maximum Gasteiger partial charge on any atom is 0.171 e. The quantitative estimate of drug-likeness (QED) is 0.549. The zero-order valence-electron chi connectivity index (χ0n) is 17.6. The highest BCUT2D eigenvalue weighted by Crippen LogP contribution is 2.35. The van der Waals surface area contributed by atoms with E-state index in [0.29, 0.717) is 6.54 Å². The molecule has 0 radical (unpaired) electrons. The van der Waals surface area contributed by atoms with Gasteiger partial charge in [0.05, 0.1) is 6.54 Å². The van der Waals surface area contributed by atoms with Crippen molar-refractivity contribution in [3.63, 3.8) is 0 Å². The molecule has 0 aromatic heterocycles. The normalized spacial score (nSPS) is 21.6. The Hall–Kier alpha value is -2.49. The summed E-state index contributed by atoms with van der Waals surface area (Å²) >= 11 is 0. The number of benzene rings is 1. The molecule has 2 N–H and O–H groups in total. The van der Waals surface area contributed by atoms with Crippen LogP contribution in [-0.2, 0) is 6.54 Å². The van der Waals surface area contributed by atoms with Gasteiger partial charge in [-0.05, 0) is 36.8 Å². The fourth-order valence-electron chi connectivity index (χ4n) is 4.62. The Morgan fingerprint density at radius 2 is 1.83 bits per heavy atom. The Morgan fingerprint density at radius 3 is 2.47 bits per heavy atom. The predicted molar refractivity (Wildman–Crippen MR) is 120 cm³/mol. The van der Waals surface area contributed by atoms with Crippen molar-refractivity contribution in [2.24, 2.45) is 10.7 Å². The van der Waals surface area contributed by atoms with E-state index >= 15 is 0 Å². The van der Waals surface area contributed by atoms with Crippen LogP contribution in [0.4, 0.5) is 4.39 Å². The van der Waals surface area contributed by atoms with Crippen molar-refractivity contribution in [1.82, 2.24) is 9.80 Å². The number of hydrogen-bond acceptors (Lipinski definition) is 5. The molecule has 0 bridgehead atoms. The molecule has 1 aliphatic carbocycles. The first kappa shape index (κ1) is 22.2. The van der Waals surface area contributed by atoms with Crippen LogP contribution in [0, 0.1) is 11.3 Å². The second-order valence-corrected chi connectivity index (χ2v) is 8.21. The first-order chi connectivity index (χ1) is 14.7. The van der Waals surface area contributed by atoms with Crippen LogP contribution in [0.25, 0.3) is 0 Å². The van der Waals surface area contributed by atoms with Crippen molar-refractivity contribution in [3.8, 4) is 6.07 Å². The number of piperazine rings is 1. The number of hydrogen-bond donors (Lipinski definition) is 1. The molecular weight excluding hydrogens is 377 g/mol. The molecular formula is C24H32FN5. The van der Waals surface area contributed by atoms with Crippen LogP contribution in [0.5, 0.6) is 0 Å². The lowest BCUT2D eigenvalue weighted by Gasteiger charge is -2.49. The zero-order valence-corrected chi connectivity index (χ0v) is 17.6. The Balaban J connectivity index is 1.67. The van der Waals surface area contributed by atoms with Crippen molar-refractivity contribution in [2.75, 3.05) is 32.7 Å². The predicted octanol–water partition coefficient (Wildman–Crippen LogP) is 3.80. The maximum atomic E-state index is 14.2. The third-order valence-electron chi connectivity index (χ3n) is 6.29. The molecule has 1 saturated carbocycles. The van der Waals surface area contributed by atoms with E-state index in [9.17, 15) is 9.65 Å². The number of nitriles is 1. The van der Waals surface area contributed by atoms with Crippen LogP contribution in [-0.4, -0.2) is 53.8 Å². The molecule has 0 unspecified atom stereocenters. The summed E-state index contributed by atoms with van der Waals surface area (Å²) in [4.78, 5) is 9.48. The van der Waals surface area contributed by atoms with Gasteiger partial charge in [0, 0.05) is 38.3 Å². The standard InChI is InChI=1S/C24H32FN5/c25-22(10-7-13-26)23(18-27)28-20-24(11-5-2-6-12-24)30-16-14-29(15-17-30)19-21-8-3-1-4-9-21/h1,3-4,7-10,13H,2,5-6,11-12,14-17,19-20,26H2/b13-7+,22-10+,28-23?. The summed E-state index contributed by atoms with van der Waals surface area (Å²) in [5, 5.41) is 9.36. The molecule has 5 nitrogen and oxygen atoms in total. The van der Waals surface area contributed by atoms with Gasteiger partial charge in [0.25, 0.3) is 0 Å². The third-order valence-corrected chi connectivity index (χ3v) is 6.29. The lowest BCUT2D eigenvalue weighted by molar-refractivity contribution is 0.0113. The van der Waals surface area contributed by atoms with E-state index in [1.165, 1.54) is 30.3 Å². The highest BCUT2D eigenvalue weighted by atomic mass is 19.1. The molecule has 1 aromatic rings. The van der Waals surface area contributed by atoms with Crippen LogP contribution >= 0.6 is 0 Å². The number of halogens is 1. The molecule has 2 aliphatic rings. The molecule has 30 heavy (non-hydrogen) atoms. The highest BCUT2D eigenvalue weighted by Gasteiger charge is 2.39.